The molecule has 1 saturated heterocycles. The van der Waals surface area contributed by atoms with E-state index in [4.69, 9.17) is 16.2 Å². The Hall–Kier alpha value is -11.4. The van der Waals surface area contributed by atoms with Crippen LogP contribution in [0, 0.1) is 17.8 Å². The zero-order valence-corrected chi connectivity index (χ0v) is 62.2. The highest BCUT2D eigenvalue weighted by Gasteiger charge is 2.41. The minimum atomic E-state index is -2.28. The van der Waals surface area contributed by atoms with Gasteiger partial charge in [0.05, 0.1) is 45.4 Å². The first-order valence-corrected chi connectivity index (χ1v) is 35.9. The number of carbonyl (C=O) groups is 19. The van der Waals surface area contributed by atoms with Gasteiger partial charge in [-0.3, -0.25) is 86.3 Å². The van der Waals surface area contributed by atoms with Gasteiger partial charge >= 0.3 is 29.8 Å². The summed E-state index contributed by atoms with van der Waals surface area (Å²) >= 11 is 0. The quantitative estimate of drug-likeness (QED) is 0.0230. The third kappa shape index (κ3) is 32.6. The predicted molar refractivity (Wildman–Crippen MR) is 384 cm³/mol. The molecule has 1 fully saturated rings. The van der Waals surface area contributed by atoms with Gasteiger partial charge in [0.15, 0.2) is 0 Å². The molecule has 1 aliphatic rings. The molecule has 41 nitrogen and oxygen atoms in total. The lowest BCUT2D eigenvalue weighted by atomic mass is 9.95. The molecular formula is C69H104N16O25. The Kier molecular flexibility index (Phi) is 39.4. The highest BCUT2D eigenvalue weighted by Crippen LogP contribution is 2.21. The molecule has 1 aliphatic heterocycles. The fourth-order valence-corrected chi connectivity index (χ4v) is 11.2. The highest BCUT2D eigenvalue weighted by atomic mass is 16.5. The number of para-hydroxylation sites is 1. The van der Waals surface area contributed by atoms with E-state index < -0.39 is 255 Å². The van der Waals surface area contributed by atoms with Crippen LogP contribution >= 0.6 is 0 Å². The van der Waals surface area contributed by atoms with E-state index in [1.807, 2.05) is 16.0 Å². The molecule has 0 spiro atoms. The topological polar surface area (TPSA) is 659 Å². The van der Waals surface area contributed by atoms with Crippen LogP contribution in [0.5, 0.6) is 0 Å². The second kappa shape index (κ2) is 46.7. The van der Waals surface area contributed by atoms with E-state index in [-0.39, 0.29) is 32.2 Å². The molecule has 0 radical (unpaired) electrons. The average Bonchev–Trinajstić information content (AvgIpc) is 1.71. The molecule has 1 aromatic heterocycles. The molecule has 2 heterocycles. The molecule has 1 aromatic carbocycles. The fourth-order valence-electron chi connectivity index (χ4n) is 11.2. The first kappa shape index (κ1) is 92.8. The zero-order chi connectivity index (χ0) is 82.6. The number of carbonyl (C=O) groups excluding carboxylic acids is 15. The number of carboxylic acids is 4. The second-order valence-corrected chi connectivity index (χ2v) is 27.1. The van der Waals surface area contributed by atoms with E-state index in [1.54, 1.807) is 30.5 Å². The summed E-state index contributed by atoms with van der Waals surface area (Å²) in [6.07, 6.45) is -1.77. The summed E-state index contributed by atoms with van der Waals surface area (Å²) in [5, 5.41) is 78.8. The number of hydrogen-bond acceptors (Lipinski definition) is 22. The summed E-state index contributed by atoms with van der Waals surface area (Å²) in [4.78, 5) is 260. The van der Waals surface area contributed by atoms with Crippen LogP contribution in [0.3, 0.4) is 0 Å². The van der Waals surface area contributed by atoms with Gasteiger partial charge in [-0.25, -0.2) is 4.79 Å². The summed E-state index contributed by atoms with van der Waals surface area (Å²) in [6, 6.07) is -14.1. The molecule has 3 rings (SSSR count). The number of fused-ring (bicyclic) bond motifs is 1. The Morgan fingerprint density at radius 3 is 1.72 bits per heavy atom. The van der Waals surface area contributed by atoms with Crippen molar-refractivity contribution in [2.45, 2.75) is 224 Å². The number of H-pyrrole nitrogens is 1. The van der Waals surface area contributed by atoms with Gasteiger partial charge < -0.3 is 116 Å². The Labute approximate surface area is 632 Å². The van der Waals surface area contributed by atoms with Crippen LogP contribution in [-0.2, 0) is 102 Å². The van der Waals surface area contributed by atoms with Crippen molar-refractivity contribution in [1.82, 2.24) is 74.1 Å². The minimum absolute atomic E-state index is 0.00863. The van der Waals surface area contributed by atoms with Crippen LogP contribution < -0.4 is 80.6 Å². The Morgan fingerprint density at radius 1 is 0.564 bits per heavy atom. The molecule has 0 bridgehead atoms. The van der Waals surface area contributed by atoms with Gasteiger partial charge in [-0.1, -0.05) is 84.9 Å². The average molecular weight is 1560 g/mol. The van der Waals surface area contributed by atoms with Crippen molar-refractivity contribution in [1.29, 1.82) is 0 Å². The molecule has 2 aromatic rings. The van der Waals surface area contributed by atoms with Crippen molar-refractivity contribution in [2.75, 3.05) is 26.2 Å². The summed E-state index contributed by atoms with van der Waals surface area (Å²) in [5.74, 6) is -27.2. The van der Waals surface area contributed by atoms with Gasteiger partial charge in [-0.15, -0.1) is 0 Å². The van der Waals surface area contributed by atoms with Crippen LogP contribution in [0.2, 0.25) is 0 Å². The van der Waals surface area contributed by atoms with Gasteiger partial charge in [0.2, 0.25) is 82.7 Å². The maximum Gasteiger partial charge on any atom is 0.329 e. The van der Waals surface area contributed by atoms with E-state index in [0.29, 0.717) is 35.2 Å². The molecule has 0 saturated carbocycles. The lowest BCUT2D eigenvalue weighted by molar-refractivity contribution is -0.157. The fraction of sp³-hybridized carbons (Fsp3) is 0.609. The first-order valence-electron chi connectivity index (χ1n) is 35.9. The number of aromatic nitrogens is 1. The monoisotopic (exact) mass is 1560 g/mol. The SMILES string of the molecule is CCC(C)CCCCCCC(=O)NC(Cc1c[nH]c2ccccc12)C(=O)NC(CCC(=O)O)C(=O)NC(CC(N)=O)C(=O)NC1C(=O)NCC(=O)NC(CCCN)C(=O)NC(CC(=O)O)C(=O)NC(C)C(=O)NC(CC(=O)O)C(=O)NCC(=O)NC(CO)C(=O)NC(C(C)CC(=O)O)C(=O)NC(C(C)C)C(=O)OC1C. The Morgan fingerprint density at radius 2 is 1.13 bits per heavy atom. The van der Waals surface area contributed by atoms with E-state index in [1.165, 1.54) is 20.8 Å². The van der Waals surface area contributed by atoms with E-state index in [0.717, 1.165) is 39.5 Å². The molecule has 23 N–H and O–H groups in total. The number of aliphatic hydroxyl groups excluding tert-OH is 1. The maximum atomic E-state index is 14.7. The third-order valence-corrected chi connectivity index (χ3v) is 17.6. The molecular weight excluding hydrogens is 1450 g/mol. The number of rotatable bonds is 34. The largest absolute Gasteiger partial charge is 0.481 e. The van der Waals surface area contributed by atoms with Crippen LogP contribution in [0.25, 0.3) is 10.9 Å². The lowest BCUT2D eigenvalue weighted by Gasteiger charge is -2.31. The molecule has 610 valence electrons. The van der Waals surface area contributed by atoms with Crippen molar-refractivity contribution < 1.29 is 121 Å². The third-order valence-electron chi connectivity index (χ3n) is 17.6. The maximum absolute atomic E-state index is 14.7. The molecule has 0 aliphatic carbocycles. The summed E-state index contributed by atoms with van der Waals surface area (Å²) in [6.45, 7) is 6.43. The van der Waals surface area contributed by atoms with Crippen LogP contribution in [0.1, 0.15) is 150 Å². The number of carboxylic acid groups (broad SMARTS) is 4. The van der Waals surface area contributed by atoms with Crippen molar-refractivity contribution in [3.05, 3.63) is 36.0 Å². The van der Waals surface area contributed by atoms with Crippen LogP contribution in [0.15, 0.2) is 30.5 Å². The number of esters is 1. The van der Waals surface area contributed by atoms with Crippen LogP contribution in [-0.4, -0.2) is 242 Å². The molecule has 14 amide bonds. The second-order valence-electron chi connectivity index (χ2n) is 27.1. The smallest absolute Gasteiger partial charge is 0.329 e. The number of amides is 14. The number of primary amides is 1. The number of nitrogens with two attached hydrogens (primary N) is 2. The first-order chi connectivity index (χ1) is 51.8. The van der Waals surface area contributed by atoms with Crippen molar-refractivity contribution >= 4 is 123 Å². The molecule has 110 heavy (non-hydrogen) atoms. The van der Waals surface area contributed by atoms with Gasteiger partial charge in [-0.05, 0) is 75.5 Å². The predicted octanol–water partition coefficient (Wildman–Crippen LogP) is -5.18. The van der Waals surface area contributed by atoms with Gasteiger partial charge in [0.1, 0.15) is 72.6 Å². The number of ether oxygens (including phenoxy) is 1. The molecule has 41 heteroatoms. The Bertz CT molecular complexity index is 3630. The minimum Gasteiger partial charge on any atom is -0.481 e. The summed E-state index contributed by atoms with van der Waals surface area (Å²) in [5.41, 5.74) is 12.5. The summed E-state index contributed by atoms with van der Waals surface area (Å²) in [7, 11) is 0. The van der Waals surface area contributed by atoms with E-state index in [9.17, 15) is 117 Å². The van der Waals surface area contributed by atoms with Crippen molar-refractivity contribution in [2.24, 2.45) is 29.2 Å². The number of aliphatic hydroxyl groups is 1. The van der Waals surface area contributed by atoms with E-state index in [2.05, 4.69) is 72.0 Å². The van der Waals surface area contributed by atoms with Gasteiger partial charge in [0.25, 0.3) is 0 Å². The Balaban J connectivity index is 2.19. The number of benzene rings is 1. The van der Waals surface area contributed by atoms with Crippen molar-refractivity contribution in [3.63, 3.8) is 0 Å². The summed E-state index contributed by atoms with van der Waals surface area (Å²) < 4.78 is 5.69. The lowest BCUT2D eigenvalue weighted by Crippen LogP contribution is -2.62. The number of aromatic amines is 1. The number of nitrogens with one attached hydrogen (secondary N) is 14. The van der Waals surface area contributed by atoms with Crippen molar-refractivity contribution in [3.8, 4) is 0 Å². The van der Waals surface area contributed by atoms with E-state index >= 15 is 0 Å². The number of unbranched alkanes of at least 4 members (excludes halogenated alkanes) is 3. The molecule has 14 unspecified atom stereocenters. The zero-order valence-electron chi connectivity index (χ0n) is 62.2. The number of cyclic esters (lactones) is 1. The molecule has 14 atom stereocenters. The normalized spacial score (nSPS) is 22.0. The standard InChI is InChI=1S/C69H104N16O25/c1-8-34(4)16-11-9-10-12-20-49(88)77-43(25-38-29-72-40-18-14-13-17-39(38)40)64(104)79-42(21-22-52(91)92)62(102)81-44(26-48(71)87)65(105)85-58-37(7)110-69(109)56(33(2)3)83-68(108)57(35(5)24-53(93)94)84-66(106)47(32-86)78-51(90)30-73-60(100)45(27-54(95)96)80-59(99)36(6)75-63(103)46(28-55(97)98)82-61(101)41(19-15-23-70)76-50(89)31-74-67(58)107/h13-14,17-18,29,33-37,41-47,56-58,72,86H,8-12,15-16,19-28,30-32,70H2,1-7H3,(H2,71,87)(H,73,100)(H,74,107)(H,75,103)(H,76,89)(H,77,88)(H,78,90)(H,79,104)(H,80,99)(H,81,102)(H,82,101)(H,83,108)(H,84,106)(H,85,105)(H,91,92)(H,93,94)(H,95,96)(H,97,98). The number of aliphatic carboxylic acids is 4. The van der Waals surface area contributed by atoms with Gasteiger partial charge in [-0.2, -0.15) is 0 Å². The van der Waals surface area contributed by atoms with Crippen LogP contribution in [0.4, 0.5) is 0 Å². The highest BCUT2D eigenvalue weighted by molar-refractivity contribution is 6.01. The van der Waals surface area contributed by atoms with Gasteiger partial charge in [0, 0.05) is 36.4 Å². The number of hydrogen-bond donors (Lipinski definition) is 21.